The van der Waals surface area contributed by atoms with Gasteiger partial charge in [-0.25, -0.2) is 5.11 Å². The van der Waals surface area contributed by atoms with E-state index in [2.05, 4.69) is 45.2 Å². The van der Waals surface area contributed by atoms with Gasteiger partial charge in [-0.1, -0.05) is 6.07 Å². The highest BCUT2D eigenvalue weighted by Gasteiger charge is 2.23. The van der Waals surface area contributed by atoms with E-state index in [4.69, 9.17) is 0 Å². The van der Waals surface area contributed by atoms with Crippen LogP contribution in [0.25, 0.3) is 0 Å². The second-order valence-corrected chi connectivity index (χ2v) is 5.43. The van der Waals surface area contributed by atoms with Crippen molar-refractivity contribution >= 4 is 45.2 Å². The van der Waals surface area contributed by atoms with Gasteiger partial charge in [0.2, 0.25) is 0 Å². The summed E-state index contributed by atoms with van der Waals surface area (Å²) in [5.74, 6) is 0. The molecule has 3 heteroatoms. The van der Waals surface area contributed by atoms with Crippen molar-refractivity contribution in [1.82, 2.24) is 0 Å². The van der Waals surface area contributed by atoms with E-state index in [0.29, 0.717) is 0 Å². The predicted molar refractivity (Wildman–Crippen MR) is 65.6 cm³/mol. The summed E-state index contributed by atoms with van der Waals surface area (Å²) in [7, 11) is 0. The fourth-order valence-corrected chi connectivity index (χ4v) is 3.88. The van der Waals surface area contributed by atoms with Crippen molar-refractivity contribution in [2.45, 2.75) is 19.4 Å². The van der Waals surface area contributed by atoms with E-state index in [1.165, 1.54) is 0 Å². The largest absolute Gasteiger partial charge is 0.225 e. The number of benzene rings is 1. The quantitative estimate of drug-likeness (QED) is 0.658. The summed E-state index contributed by atoms with van der Waals surface area (Å²) in [6.07, 6.45) is 0. The van der Waals surface area contributed by atoms with Gasteiger partial charge < -0.3 is 0 Å². The monoisotopic (exact) mass is 387 g/mol. The van der Waals surface area contributed by atoms with Crippen LogP contribution in [0.5, 0.6) is 0 Å². The van der Waals surface area contributed by atoms with Crippen molar-refractivity contribution in [2.24, 2.45) is 0 Å². The number of halogens is 2. The van der Waals surface area contributed by atoms with Crippen LogP contribution in [0.2, 0.25) is 0 Å². The Labute approximate surface area is 99.8 Å². The molecule has 0 saturated heterocycles. The molecular weight excluding hydrogens is 378 g/mol. The molecule has 1 aromatic carbocycles. The third-order valence-corrected chi connectivity index (χ3v) is 3.36. The second kappa shape index (κ2) is 3.79. The lowest BCUT2D eigenvalue weighted by atomic mass is 9.99. The highest BCUT2D eigenvalue weighted by Crippen LogP contribution is 2.29. The molecule has 12 heavy (non-hydrogen) atoms. The van der Waals surface area contributed by atoms with Gasteiger partial charge in [-0.05, 0) is 71.2 Å². The lowest BCUT2D eigenvalue weighted by molar-refractivity contribution is -0.00154. The van der Waals surface area contributed by atoms with E-state index in [9.17, 15) is 5.11 Å². The Morgan fingerprint density at radius 2 is 1.58 bits per heavy atom. The molecule has 1 radical (unpaired) electrons. The fourth-order valence-electron chi connectivity index (χ4n) is 1.07. The first kappa shape index (κ1) is 10.7. The minimum Gasteiger partial charge on any atom is -0.225 e. The van der Waals surface area contributed by atoms with E-state index in [1.54, 1.807) is 13.8 Å². The molecule has 0 amide bonds. The first-order valence-electron chi connectivity index (χ1n) is 3.58. The van der Waals surface area contributed by atoms with Crippen molar-refractivity contribution in [1.29, 1.82) is 0 Å². The first-order valence-corrected chi connectivity index (χ1v) is 5.73. The molecule has 0 unspecified atom stereocenters. The van der Waals surface area contributed by atoms with Crippen LogP contribution in [0.1, 0.15) is 19.4 Å². The molecule has 1 aromatic rings. The Morgan fingerprint density at radius 3 is 1.83 bits per heavy atom. The lowest BCUT2D eigenvalue weighted by Crippen LogP contribution is -2.17. The molecule has 1 nitrogen and oxygen atoms in total. The van der Waals surface area contributed by atoms with Crippen LogP contribution in [0.4, 0.5) is 0 Å². The summed E-state index contributed by atoms with van der Waals surface area (Å²) in [6, 6.07) is 5.91. The summed E-state index contributed by atoms with van der Waals surface area (Å²) in [6.45, 7) is 3.40. The molecule has 0 heterocycles. The Hall–Kier alpha value is 0.640. The Kier molecular flexibility index (Phi) is 3.39. The van der Waals surface area contributed by atoms with Crippen LogP contribution in [0, 0.1) is 7.14 Å². The Bertz CT molecular complexity index is 269. The first-order chi connectivity index (χ1) is 5.43. The molecule has 0 aliphatic carbocycles. The number of hydrogen-bond donors (Lipinski definition) is 0. The molecule has 0 aromatic heterocycles. The van der Waals surface area contributed by atoms with Gasteiger partial charge in [0.15, 0.2) is 0 Å². The van der Waals surface area contributed by atoms with Crippen LogP contribution < -0.4 is 0 Å². The molecular formula is C9H9I2O. The zero-order chi connectivity index (χ0) is 9.35. The minimum absolute atomic E-state index is 0.909. The molecule has 0 aliphatic heterocycles. The van der Waals surface area contributed by atoms with Crippen LogP contribution in [0.3, 0.4) is 0 Å². The molecule has 1 rings (SSSR count). The normalized spacial score (nSPS) is 11.8. The predicted octanol–water partition coefficient (Wildman–Crippen LogP) is 3.56. The zero-order valence-electron chi connectivity index (χ0n) is 6.90. The van der Waals surface area contributed by atoms with Crippen LogP contribution >= 0.6 is 45.2 Å². The minimum atomic E-state index is -0.992. The molecule has 0 fully saturated rings. The smallest absolute Gasteiger partial charge is 0.125 e. The molecule has 65 valence electrons. The van der Waals surface area contributed by atoms with Crippen molar-refractivity contribution < 1.29 is 5.11 Å². The van der Waals surface area contributed by atoms with Crippen molar-refractivity contribution in [3.63, 3.8) is 0 Å². The van der Waals surface area contributed by atoms with Gasteiger partial charge >= 0.3 is 0 Å². The summed E-state index contributed by atoms with van der Waals surface area (Å²) in [4.78, 5) is 0. The second-order valence-electron chi connectivity index (χ2n) is 3.11. The molecule has 0 N–H and O–H groups in total. The average Bonchev–Trinajstić information content (AvgIpc) is 1.82. The van der Waals surface area contributed by atoms with E-state index < -0.39 is 5.60 Å². The molecule has 0 saturated carbocycles. The maximum atomic E-state index is 11.7. The highest BCUT2D eigenvalue weighted by atomic mass is 127. The summed E-state index contributed by atoms with van der Waals surface area (Å²) in [5, 5.41) is 11.7. The maximum Gasteiger partial charge on any atom is 0.125 e. The van der Waals surface area contributed by atoms with E-state index in [-0.39, 0.29) is 0 Å². The number of rotatable bonds is 1. The van der Waals surface area contributed by atoms with Gasteiger partial charge in [-0.3, -0.25) is 0 Å². The lowest BCUT2D eigenvalue weighted by Gasteiger charge is -2.18. The molecule has 0 bridgehead atoms. The van der Waals surface area contributed by atoms with Gasteiger partial charge in [0.25, 0.3) is 0 Å². The average molecular weight is 387 g/mol. The molecule has 0 aliphatic rings. The third-order valence-electron chi connectivity index (χ3n) is 1.56. The number of hydrogen-bond acceptors (Lipinski definition) is 0. The zero-order valence-corrected chi connectivity index (χ0v) is 11.2. The van der Waals surface area contributed by atoms with E-state index in [1.807, 2.05) is 18.2 Å². The van der Waals surface area contributed by atoms with Gasteiger partial charge in [-0.2, -0.15) is 0 Å². The summed E-state index contributed by atoms with van der Waals surface area (Å²) < 4.78 is 2.11. The SMILES string of the molecule is CC(C)([O])c1c(I)cccc1I. The van der Waals surface area contributed by atoms with Gasteiger partial charge in [-0.15, -0.1) is 0 Å². The Balaban J connectivity index is 3.31. The summed E-state index contributed by atoms with van der Waals surface area (Å²) >= 11 is 4.41. The molecule has 0 atom stereocenters. The van der Waals surface area contributed by atoms with E-state index >= 15 is 0 Å². The van der Waals surface area contributed by atoms with Crippen LogP contribution in [-0.4, -0.2) is 0 Å². The topological polar surface area (TPSA) is 19.9 Å². The molecule has 0 spiro atoms. The standard InChI is InChI=1S/C9H9I2O/c1-9(2,12)8-6(10)4-3-5-7(8)11/h3-5H,1-2H3. The van der Waals surface area contributed by atoms with Gasteiger partial charge in [0, 0.05) is 12.7 Å². The maximum absolute atomic E-state index is 11.7. The van der Waals surface area contributed by atoms with E-state index in [0.717, 1.165) is 12.7 Å². The summed E-state index contributed by atoms with van der Waals surface area (Å²) in [5.41, 5.74) is -0.0832. The van der Waals surface area contributed by atoms with Crippen LogP contribution in [0.15, 0.2) is 18.2 Å². The van der Waals surface area contributed by atoms with Gasteiger partial charge in [0.05, 0.1) is 0 Å². The van der Waals surface area contributed by atoms with Gasteiger partial charge in [0.1, 0.15) is 5.60 Å². The van der Waals surface area contributed by atoms with Crippen molar-refractivity contribution in [2.75, 3.05) is 0 Å². The fraction of sp³-hybridized carbons (Fsp3) is 0.333. The van der Waals surface area contributed by atoms with Crippen molar-refractivity contribution in [3.05, 3.63) is 30.9 Å². The van der Waals surface area contributed by atoms with Crippen molar-refractivity contribution in [3.8, 4) is 0 Å². The Morgan fingerprint density at radius 1 is 1.17 bits per heavy atom. The third kappa shape index (κ3) is 2.32. The van der Waals surface area contributed by atoms with Crippen LogP contribution in [-0.2, 0) is 10.7 Å². The highest BCUT2D eigenvalue weighted by molar-refractivity contribution is 14.1.